The molecule has 1 aliphatic heterocycles. The van der Waals surface area contributed by atoms with E-state index in [4.69, 9.17) is 15.2 Å². The second-order valence-corrected chi connectivity index (χ2v) is 9.68. The third-order valence-corrected chi connectivity index (χ3v) is 7.49. The van der Waals surface area contributed by atoms with Gasteiger partial charge in [-0.2, -0.15) is 0 Å². The largest absolute Gasteiger partial charge is 0.504 e. The average Bonchev–Trinajstić information content (AvgIpc) is 3.61. The van der Waals surface area contributed by atoms with Crippen molar-refractivity contribution in [1.82, 2.24) is 19.9 Å². The number of anilines is 1. The highest BCUT2D eigenvalue weighted by atomic mass is 16.5. The van der Waals surface area contributed by atoms with Crippen molar-refractivity contribution >= 4 is 22.8 Å². The van der Waals surface area contributed by atoms with Gasteiger partial charge in [0.25, 0.3) is 0 Å². The Labute approximate surface area is 208 Å². The maximum Gasteiger partial charge on any atom is 0.223 e. The number of aromatic hydroxyl groups is 1. The van der Waals surface area contributed by atoms with E-state index in [0.29, 0.717) is 29.3 Å². The van der Waals surface area contributed by atoms with Crippen LogP contribution in [-0.2, 0) is 9.53 Å². The van der Waals surface area contributed by atoms with Gasteiger partial charge >= 0.3 is 0 Å². The van der Waals surface area contributed by atoms with Crippen molar-refractivity contribution in [1.29, 1.82) is 0 Å². The van der Waals surface area contributed by atoms with E-state index in [0.717, 1.165) is 50.6 Å². The van der Waals surface area contributed by atoms with Crippen molar-refractivity contribution in [2.45, 2.75) is 12.5 Å². The Balaban J connectivity index is 1.22. The van der Waals surface area contributed by atoms with E-state index >= 15 is 0 Å². The molecule has 10 nitrogen and oxygen atoms in total. The number of pyridine rings is 1. The monoisotopic (exact) mass is 490 g/mol. The third kappa shape index (κ3) is 4.27. The molecule has 1 aromatic carbocycles. The van der Waals surface area contributed by atoms with Crippen LogP contribution in [0.5, 0.6) is 11.5 Å². The van der Waals surface area contributed by atoms with Gasteiger partial charge in [-0.3, -0.25) is 9.69 Å². The van der Waals surface area contributed by atoms with Crippen molar-refractivity contribution in [2.24, 2.45) is 23.5 Å². The minimum atomic E-state index is -0.329. The number of primary amides is 1. The number of ether oxygens (including phenoxy) is 2. The number of rotatable bonds is 8. The molecule has 6 rings (SSSR count). The highest BCUT2D eigenvalue weighted by Crippen LogP contribution is 2.46. The predicted molar refractivity (Wildman–Crippen MR) is 135 cm³/mol. The molecule has 5 N–H and O–H groups in total. The van der Waals surface area contributed by atoms with Crippen LogP contribution in [0.3, 0.4) is 0 Å². The van der Waals surface area contributed by atoms with Crippen molar-refractivity contribution in [3.8, 4) is 22.9 Å². The van der Waals surface area contributed by atoms with Crippen LogP contribution in [0.1, 0.15) is 6.42 Å². The van der Waals surface area contributed by atoms with Crippen molar-refractivity contribution in [2.75, 3.05) is 44.8 Å². The fraction of sp³-hybridized carbons (Fsp3) is 0.423. The summed E-state index contributed by atoms with van der Waals surface area (Å²) in [6, 6.07) is 7.55. The minimum absolute atomic E-state index is 0.00660. The molecular formula is C26H30N6O4. The molecule has 0 radical (unpaired) electrons. The molecule has 4 unspecified atom stereocenters. The Morgan fingerprint density at radius 3 is 2.94 bits per heavy atom. The van der Waals surface area contributed by atoms with Crippen molar-refractivity contribution in [3.63, 3.8) is 0 Å². The van der Waals surface area contributed by atoms with E-state index < -0.39 is 0 Å². The summed E-state index contributed by atoms with van der Waals surface area (Å²) in [7, 11) is 0. The second kappa shape index (κ2) is 9.44. The summed E-state index contributed by atoms with van der Waals surface area (Å²) in [6.45, 7) is 4.83. The zero-order valence-corrected chi connectivity index (χ0v) is 19.9. The first-order chi connectivity index (χ1) is 17.6. The second-order valence-electron chi connectivity index (χ2n) is 9.68. The number of aromatic nitrogens is 3. The summed E-state index contributed by atoms with van der Waals surface area (Å²) >= 11 is 0. The van der Waals surface area contributed by atoms with Crippen LogP contribution in [0.2, 0.25) is 0 Å². The van der Waals surface area contributed by atoms with Gasteiger partial charge < -0.3 is 30.6 Å². The van der Waals surface area contributed by atoms with Gasteiger partial charge in [0.1, 0.15) is 29.4 Å². The molecule has 3 heterocycles. The molecule has 1 saturated heterocycles. The van der Waals surface area contributed by atoms with Crippen LogP contribution in [-0.4, -0.2) is 76.4 Å². The number of aromatic amines is 1. The molecule has 2 aromatic heterocycles. The van der Waals surface area contributed by atoms with Gasteiger partial charge in [0.2, 0.25) is 5.91 Å². The van der Waals surface area contributed by atoms with E-state index in [2.05, 4.69) is 37.3 Å². The first-order valence-corrected chi connectivity index (χ1v) is 12.4. The van der Waals surface area contributed by atoms with Gasteiger partial charge in [0.15, 0.2) is 11.4 Å². The number of hydrogen-bond acceptors (Lipinski definition) is 8. The number of amides is 1. The smallest absolute Gasteiger partial charge is 0.223 e. The summed E-state index contributed by atoms with van der Waals surface area (Å²) in [5, 5.41) is 14.1. The molecule has 188 valence electrons. The van der Waals surface area contributed by atoms with Crippen LogP contribution in [0.15, 0.2) is 42.6 Å². The minimum Gasteiger partial charge on any atom is -0.504 e. The zero-order chi connectivity index (χ0) is 24.6. The van der Waals surface area contributed by atoms with Gasteiger partial charge in [-0.1, -0.05) is 24.3 Å². The molecule has 3 aromatic rings. The Hall–Kier alpha value is -3.63. The number of carbonyl (C=O) groups is 1. The molecule has 2 bridgehead atoms. The molecule has 2 fully saturated rings. The predicted octanol–water partition coefficient (Wildman–Crippen LogP) is 2.13. The van der Waals surface area contributed by atoms with Crippen LogP contribution >= 0.6 is 0 Å². The summed E-state index contributed by atoms with van der Waals surface area (Å²) in [5.74, 6) is 1.03. The number of benzene rings is 1. The lowest BCUT2D eigenvalue weighted by Gasteiger charge is -2.27. The molecule has 3 aliphatic rings. The van der Waals surface area contributed by atoms with Gasteiger partial charge in [-0.25, -0.2) is 9.97 Å². The summed E-state index contributed by atoms with van der Waals surface area (Å²) in [4.78, 5) is 26.8. The average molecular weight is 491 g/mol. The molecule has 36 heavy (non-hydrogen) atoms. The normalized spacial score (nSPS) is 25.4. The highest BCUT2D eigenvalue weighted by molar-refractivity contribution is 5.92. The van der Waals surface area contributed by atoms with Crippen LogP contribution in [0.4, 0.5) is 5.69 Å². The van der Waals surface area contributed by atoms with E-state index in [1.807, 2.05) is 24.3 Å². The van der Waals surface area contributed by atoms with Gasteiger partial charge in [0, 0.05) is 31.2 Å². The number of fused-ring (bicyclic) bond motifs is 3. The topological polar surface area (TPSA) is 139 Å². The maximum atomic E-state index is 12.2. The Kier molecular flexibility index (Phi) is 5.98. The number of hydrogen-bond donors (Lipinski definition) is 4. The maximum absolute atomic E-state index is 12.2. The highest BCUT2D eigenvalue weighted by Gasteiger charge is 2.47. The van der Waals surface area contributed by atoms with Crippen molar-refractivity contribution in [3.05, 3.63) is 42.6 Å². The first-order valence-electron chi connectivity index (χ1n) is 12.4. The number of nitrogens with zero attached hydrogens (tertiary/aromatic N) is 3. The van der Waals surface area contributed by atoms with Gasteiger partial charge in [-0.15, -0.1) is 0 Å². The summed E-state index contributed by atoms with van der Waals surface area (Å²) < 4.78 is 11.4. The number of nitrogens with two attached hydrogens (primary N) is 1. The lowest BCUT2D eigenvalue weighted by molar-refractivity contribution is -0.122. The van der Waals surface area contributed by atoms with Crippen molar-refractivity contribution < 1.29 is 19.4 Å². The van der Waals surface area contributed by atoms with Gasteiger partial charge in [0.05, 0.1) is 25.3 Å². The SMILES string of the molecule is NC(=O)C1C2C=CC(C2)C1Nc1c(O)cnc2nc(-c3cccc(OCCN4CCOCC4)c3)[nH]c12. The molecule has 1 saturated carbocycles. The molecule has 10 heteroatoms. The Morgan fingerprint density at radius 1 is 1.28 bits per heavy atom. The number of allylic oxidation sites excluding steroid dienone is 1. The van der Waals surface area contributed by atoms with E-state index in [1.165, 1.54) is 6.20 Å². The lowest BCUT2D eigenvalue weighted by atomic mass is 9.88. The molecular weight excluding hydrogens is 460 g/mol. The Bertz CT molecular complexity index is 1300. The summed E-state index contributed by atoms with van der Waals surface area (Å²) in [6.07, 6.45) is 6.46. The van der Waals surface area contributed by atoms with Crippen LogP contribution in [0, 0.1) is 17.8 Å². The molecule has 0 spiro atoms. The van der Waals surface area contributed by atoms with Crippen LogP contribution < -0.4 is 15.8 Å². The summed E-state index contributed by atoms with van der Waals surface area (Å²) in [5.41, 5.74) is 8.10. The fourth-order valence-electron chi connectivity index (χ4n) is 5.65. The van der Waals surface area contributed by atoms with Gasteiger partial charge in [-0.05, 0) is 30.4 Å². The Morgan fingerprint density at radius 2 is 2.11 bits per heavy atom. The molecule has 4 atom stereocenters. The standard InChI is InChI=1S/C26H30N6O4/c27-24(34)20-15-4-5-16(12-15)21(20)29-22-19(33)14-28-26-23(22)30-25(31-26)17-2-1-3-18(13-17)36-11-8-32-6-9-35-10-7-32/h1-5,13-16,20-21,33H,6-12H2,(H2,27,34)(H2,28,29,30,31). The first kappa shape index (κ1) is 22.8. The zero-order valence-electron chi connectivity index (χ0n) is 19.9. The quantitative estimate of drug-likeness (QED) is 0.352. The fourth-order valence-corrected chi connectivity index (χ4v) is 5.65. The number of H-pyrrole nitrogens is 1. The molecule has 1 amide bonds. The van der Waals surface area contributed by atoms with E-state index in [-0.39, 0.29) is 35.5 Å². The van der Waals surface area contributed by atoms with Crippen LogP contribution in [0.25, 0.3) is 22.6 Å². The lowest BCUT2D eigenvalue weighted by Crippen LogP contribution is -2.41. The van der Waals surface area contributed by atoms with E-state index in [1.54, 1.807) is 0 Å². The number of carbonyl (C=O) groups excluding carboxylic acids is 1. The number of imidazole rings is 1. The third-order valence-electron chi connectivity index (χ3n) is 7.49. The van der Waals surface area contributed by atoms with E-state index in [9.17, 15) is 9.90 Å². The number of morpholine rings is 1. The number of nitrogens with one attached hydrogen (secondary N) is 2. The molecule has 2 aliphatic carbocycles.